The number of carbonyl (C=O) groups is 1. The van der Waals surface area contributed by atoms with E-state index in [0.717, 1.165) is 38.3 Å². The Morgan fingerprint density at radius 3 is 2.72 bits per heavy atom. The SMILES string of the molecule is CN(C)CCCNC(=O)C[C@H]1CC[C@H]2[C@@H](COC[C@H](O)CN2CC2CCCC2)O1. The van der Waals surface area contributed by atoms with Gasteiger partial charge in [0.05, 0.1) is 37.9 Å². The van der Waals surface area contributed by atoms with Crippen LogP contribution in [0, 0.1) is 5.92 Å². The van der Waals surface area contributed by atoms with Gasteiger partial charge in [0, 0.05) is 25.7 Å². The number of aliphatic hydroxyl groups excluding tert-OH is 1. The van der Waals surface area contributed by atoms with Crippen molar-refractivity contribution in [2.75, 3.05) is 53.5 Å². The largest absolute Gasteiger partial charge is 0.389 e. The van der Waals surface area contributed by atoms with Crippen molar-refractivity contribution >= 4 is 5.91 Å². The molecule has 0 aromatic carbocycles. The topological polar surface area (TPSA) is 74.3 Å². The normalized spacial score (nSPS) is 32.0. The van der Waals surface area contributed by atoms with Crippen molar-refractivity contribution < 1.29 is 19.4 Å². The number of fused-ring (bicyclic) bond motifs is 1. The molecular formula is C22H41N3O4. The Labute approximate surface area is 176 Å². The van der Waals surface area contributed by atoms with Crippen LogP contribution in [0.25, 0.3) is 0 Å². The Balaban J connectivity index is 1.49. The predicted octanol–water partition coefficient (Wildman–Crippen LogP) is 1.24. The molecule has 0 spiro atoms. The molecule has 1 saturated carbocycles. The first-order chi connectivity index (χ1) is 14.0. The summed E-state index contributed by atoms with van der Waals surface area (Å²) in [7, 11) is 4.08. The summed E-state index contributed by atoms with van der Waals surface area (Å²) < 4.78 is 12.1. The van der Waals surface area contributed by atoms with E-state index in [-0.39, 0.29) is 24.2 Å². The van der Waals surface area contributed by atoms with Gasteiger partial charge in [0.25, 0.3) is 0 Å². The zero-order valence-electron chi connectivity index (χ0n) is 18.4. The van der Waals surface area contributed by atoms with Crippen LogP contribution in [-0.4, -0.2) is 98.7 Å². The van der Waals surface area contributed by atoms with E-state index in [0.29, 0.717) is 32.7 Å². The number of β-amino-alcohol motifs (C(OH)–C–C–N with tert-alkyl or cyclic N) is 1. The van der Waals surface area contributed by atoms with E-state index in [9.17, 15) is 9.90 Å². The van der Waals surface area contributed by atoms with Gasteiger partial charge in [-0.3, -0.25) is 9.69 Å². The summed E-state index contributed by atoms with van der Waals surface area (Å²) in [5.74, 6) is 0.825. The van der Waals surface area contributed by atoms with E-state index in [1.165, 1.54) is 25.7 Å². The number of amides is 1. The molecule has 0 bridgehead atoms. The minimum atomic E-state index is -0.428. The molecule has 2 aliphatic heterocycles. The molecule has 0 radical (unpaired) electrons. The van der Waals surface area contributed by atoms with Crippen LogP contribution < -0.4 is 5.32 Å². The maximum atomic E-state index is 12.3. The number of aliphatic hydroxyl groups is 1. The van der Waals surface area contributed by atoms with Crippen molar-refractivity contribution in [3.63, 3.8) is 0 Å². The molecule has 29 heavy (non-hydrogen) atoms. The van der Waals surface area contributed by atoms with Crippen LogP contribution >= 0.6 is 0 Å². The van der Waals surface area contributed by atoms with Crippen molar-refractivity contribution in [3.05, 3.63) is 0 Å². The molecule has 0 aromatic heterocycles. The van der Waals surface area contributed by atoms with Crippen molar-refractivity contribution in [2.45, 2.75) is 75.7 Å². The van der Waals surface area contributed by atoms with E-state index in [4.69, 9.17) is 9.47 Å². The van der Waals surface area contributed by atoms with Gasteiger partial charge in [-0.05, 0) is 58.7 Å². The second-order valence-electron chi connectivity index (χ2n) is 9.45. The van der Waals surface area contributed by atoms with Crippen LogP contribution in [0.3, 0.4) is 0 Å². The van der Waals surface area contributed by atoms with Crippen molar-refractivity contribution in [1.82, 2.24) is 15.1 Å². The van der Waals surface area contributed by atoms with Crippen molar-refractivity contribution in [2.24, 2.45) is 5.92 Å². The highest BCUT2D eigenvalue weighted by Gasteiger charge is 2.38. The Morgan fingerprint density at radius 1 is 1.17 bits per heavy atom. The lowest BCUT2D eigenvalue weighted by Gasteiger charge is -2.45. The molecule has 0 unspecified atom stereocenters. The molecule has 0 aromatic rings. The fraction of sp³-hybridized carbons (Fsp3) is 0.955. The molecule has 1 amide bonds. The summed E-state index contributed by atoms with van der Waals surface area (Å²) in [5.41, 5.74) is 0. The van der Waals surface area contributed by atoms with Gasteiger partial charge in [0.1, 0.15) is 0 Å². The number of hydrogen-bond donors (Lipinski definition) is 2. The average molecular weight is 412 g/mol. The lowest BCUT2D eigenvalue weighted by molar-refractivity contribution is -0.158. The highest BCUT2D eigenvalue weighted by molar-refractivity contribution is 5.76. The predicted molar refractivity (Wildman–Crippen MR) is 113 cm³/mol. The zero-order valence-corrected chi connectivity index (χ0v) is 18.4. The minimum Gasteiger partial charge on any atom is -0.389 e. The molecule has 4 atom stereocenters. The monoisotopic (exact) mass is 411 g/mol. The first-order valence-electron chi connectivity index (χ1n) is 11.6. The van der Waals surface area contributed by atoms with Crippen LogP contribution in [0.4, 0.5) is 0 Å². The van der Waals surface area contributed by atoms with Crippen LogP contribution in [0.1, 0.15) is 51.4 Å². The standard InChI is InChI=1S/C22H41N3O4/c1-24(2)11-5-10-23-22(27)12-19-8-9-20-21(29-19)16-28-15-18(26)14-25(20)13-17-6-3-4-7-17/h17-21,26H,3-16H2,1-2H3,(H,23,27)/t18-,19-,20+,21-/m1/s1. The lowest BCUT2D eigenvalue weighted by Crippen LogP contribution is -2.56. The van der Waals surface area contributed by atoms with Gasteiger partial charge in [0.2, 0.25) is 5.91 Å². The number of carbonyl (C=O) groups excluding carboxylic acids is 1. The van der Waals surface area contributed by atoms with Crippen LogP contribution in [0.5, 0.6) is 0 Å². The summed E-state index contributed by atoms with van der Waals surface area (Å²) >= 11 is 0. The zero-order chi connectivity index (χ0) is 20.6. The van der Waals surface area contributed by atoms with Crippen molar-refractivity contribution in [1.29, 1.82) is 0 Å². The first-order valence-corrected chi connectivity index (χ1v) is 11.6. The Morgan fingerprint density at radius 2 is 1.97 bits per heavy atom. The molecule has 3 aliphatic rings. The summed E-state index contributed by atoms with van der Waals surface area (Å²) in [6.07, 6.45) is 8.09. The first kappa shape index (κ1) is 22.9. The molecule has 3 rings (SSSR count). The Bertz CT molecular complexity index is 498. The highest BCUT2D eigenvalue weighted by atomic mass is 16.5. The smallest absolute Gasteiger partial charge is 0.222 e. The van der Waals surface area contributed by atoms with E-state index >= 15 is 0 Å². The minimum absolute atomic E-state index is 0.0100. The molecule has 2 heterocycles. The number of nitrogens with one attached hydrogen (secondary N) is 1. The van der Waals surface area contributed by atoms with Gasteiger partial charge in [0.15, 0.2) is 0 Å². The molecule has 7 heteroatoms. The Hall–Kier alpha value is -0.730. The van der Waals surface area contributed by atoms with Gasteiger partial charge in [-0.1, -0.05) is 12.8 Å². The molecule has 2 N–H and O–H groups in total. The molecular weight excluding hydrogens is 370 g/mol. The van der Waals surface area contributed by atoms with Crippen LogP contribution in [-0.2, 0) is 14.3 Å². The number of hydrogen-bond acceptors (Lipinski definition) is 6. The van der Waals surface area contributed by atoms with Crippen LogP contribution in [0.15, 0.2) is 0 Å². The molecule has 2 saturated heterocycles. The third-order valence-corrected chi connectivity index (χ3v) is 6.57. The van der Waals surface area contributed by atoms with E-state index < -0.39 is 6.10 Å². The third kappa shape index (κ3) is 7.47. The van der Waals surface area contributed by atoms with Gasteiger partial charge in [-0.25, -0.2) is 0 Å². The number of rotatable bonds is 8. The summed E-state index contributed by atoms with van der Waals surface area (Å²) in [6, 6.07) is 0.282. The van der Waals surface area contributed by atoms with Crippen molar-refractivity contribution in [3.8, 4) is 0 Å². The van der Waals surface area contributed by atoms with Gasteiger partial charge < -0.3 is 24.8 Å². The van der Waals surface area contributed by atoms with Gasteiger partial charge >= 0.3 is 0 Å². The maximum absolute atomic E-state index is 12.3. The Kier molecular flexibility index (Phi) is 9.18. The number of ether oxygens (including phenoxy) is 2. The maximum Gasteiger partial charge on any atom is 0.222 e. The summed E-state index contributed by atoms with van der Waals surface area (Å²) in [5, 5.41) is 13.3. The second kappa shape index (κ2) is 11.6. The quantitative estimate of drug-likeness (QED) is 0.586. The highest BCUT2D eigenvalue weighted by Crippen LogP contribution is 2.31. The van der Waals surface area contributed by atoms with E-state index in [1.807, 2.05) is 14.1 Å². The van der Waals surface area contributed by atoms with Gasteiger partial charge in [-0.2, -0.15) is 0 Å². The average Bonchev–Trinajstić information content (AvgIpc) is 3.17. The molecule has 7 nitrogen and oxygen atoms in total. The lowest BCUT2D eigenvalue weighted by atomic mass is 9.93. The number of nitrogens with zero attached hydrogens (tertiary/aromatic N) is 2. The van der Waals surface area contributed by atoms with E-state index in [1.54, 1.807) is 0 Å². The van der Waals surface area contributed by atoms with E-state index in [2.05, 4.69) is 15.1 Å². The van der Waals surface area contributed by atoms with Gasteiger partial charge in [-0.15, -0.1) is 0 Å². The summed E-state index contributed by atoms with van der Waals surface area (Å²) in [6.45, 7) is 4.28. The molecule has 3 fully saturated rings. The molecule has 168 valence electrons. The fourth-order valence-corrected chi connectivity index (χ4v) is 5.08. The fourth-order valence-electron chi connectivity index (χ4n) is 5.08. The van der Waals surface area contributed by atoms with Crippen LogP contribution in [0.2, 0.25) is 0 Å². The molecule has 1 aliphatic carbocycles. The summed E-state index contributed by atoms with van der Waals surface area (Å²) in [4.78, 5) is 16.9. The third-order valence-electron chi connectivity index (χ3n) is 6.57. The second-order valence-corrected chi connectivity index (χ2v) is 9.45.